The molecule has 28 heavy (non-hydrogen) atoms. The Hall–Kier alpha value is -3.32. The molecule has 7 heteroatoms. The van der Waals surface area contributed by atoms with Crippen LogP contribution in [0.4, 0.5) is 0 Å². The van der Waals surface area contributed by atoms with Gasteiger partial charge in [0, 0.05) is 28.1 Å². The molecule has 6 nitrogen and oxygen atoms in total. The number of aromatic amines is 1. The van der Waals surface area contributed by atoms with Crippen LogP contribution >= 0.6 is 11.3 Å². The smallest absolute Gasteiger partial charge is 0.212 e. The number of hydrogen-bond donors (Lipinski definition) is 1. The van der Waals surface area contributed by atoms with Crippen LogP contribution in [0.2, 0.25) is 0 Å². The molecule has 0 unspecified atom stereocenters. The molecule has 0 aliphatic carbocycles. The van der Waals surface area contributed by atoms with Crippen molar-refractivity contribution in [3.8, 4) is 27.8 Å². The van der Waals surface area contributed by atoms with Gasteiger partial charge in [-0.25, -0.2) is 4.98 Å². The zero-order chi connectivity index (χ0) is 19.7. The molecular formula is C21H18N2O4S. The van der Waals surface area contributed by atoms with Crippen molar-refractivity contribution in [3.63, 3.8) is 0 Å². The van der Waals surface area contributed by atoms with E-state index in [9.17, 15) is 4.79 Å². The van der Waals surface area contributed by atoms with E-state index in [4.69, 9.17) is 14.2 Å². The van der Waals surface area contributed by atoms with Gasteiger partial charge in [0.2, 0.25) is 11.5 Å². The predicted molar refractivity (Wildman–Crippen MR) is 109 cm³/mol. The maximum absolute atomic E-state index is 13.0. The monoisotopic (exact) mass is 394 g/mol. The maximum Gasteiger partial charge on any atom is 0.212 e. The van der Waals surface area contributed by atoms with Crippen molar-refractivity contribution in [2.45, 2.75) is 0 Å². The fourth-order valence-corrected chi connectivity index (χ4v) is 3.96. The van der Waals surface area contributed by atoms with E-state index in [2.05, 4.69) is 9.97 Å². The number of thiazole rings is 1. The van der Waals surface area contributed by atoms with Crippen LogP contribution in [0.15, 0.2) is 48.0 Å². The molecule has 0 saturated carbocycles. The van der Waals surface area contributed by atoms with Crippen LogP contribution in [0.1, 0.15) is 16.1 Å². The van der Waals surface area contributed by atoms with Crippen molar-refractivity contribution in [1.29, 1.82) is 0 Å². The van der Waals surface area contributed by atoms with Crippen LogP contribution in [0.5, 0.6) is 17.2 Å². The van der Waals surface area contributed by atoms with Gasteiger partial charge in [0.05, 0.1) is 26.8 Å². The summed E-state index contributed by atoms with van der Waals surface area (Å²) in [6, 6.07) is 11.3. The van der Waals surface area contributed by atoms with E-state index in [1.165, 1.54) is 32.7 Å². The standard InChI is InChI=1S/C21H18N2O4S/c1-25-16-9-13(10-17(26-2)20(16)27-3)19(24)15-11-28-21(23-15)14-6-4-5-12-7-8-22-18(12)14/h4-11,22H,1-3H3. The lowest BCUT2D eigenvalue weighted by Crippen LogP contribution is -2.04. The molecule has 0 radical (unpaired) electrons. The number of H-pyrrole nitrogens is 1. The lowest BCUT2D eigenvalue weighted by atomic mass is 10.1. The summed E-state index contributed by atoms with van der Waals surface area (Å²) in [6.07, 6.45) is 1.89. The summed E-state index contributed by atoms with van der Waals surface area (Å²) in [5, 5.41) is 3.65. The summed E-state index contributed by atoms with van der Waals surface area (Å²) in [4.78, 5) is 20.8. The molecule has 0 fully saturated rings. The Morgan fingerprint density at radius 2 is 1.79 bits per heavy atom. The average Bonchev–Trinajstić information content (AvgIpc) is 3.41. The molecule has 0 amide bonds. The number of para-hydroxylation sites is 1. The molecule has 0 bridgehead atoms. The number of rotatable bonds is 6. The van der Waals surface area contributed by atoms with Crippen molar-refractivity contribution in [3.05, 3.63) is 59.2 Å². The number of benzene rings is 2. The van der Waals surface area contributed by atoms with Gasteiger partial charge >= 0.3 is 0 Å². The average molecular weight is 394 g/mol. The van der Waals surface area contributed by atoms with Crippen LogP contribution in [-0.4, -0.2) is 37.1 Å². The predicted octanol–water partition coefficient (Wildman–Crippen LogP) is 4.55. The van der Waals surface area contributed by atoms with E-state index in [1.54, 1.807) is 17.5 Å². The topological polar surface area (TPSA) is 73.4 Å². The Morgan fingerprint density at radius 1 is 1.04 bits per heavy atom. The molecule has 0 spiro atoms. The number of nitrogens with one attached hydrogen (secondary N) is 1. The van der Waals surface area contributed by atoms with E-state index in [0.29, 0.717) is 28.5 Å². The fourth-order valence-electron chi connectivity index (χ4n) is 3.12. The number of carbonyl (C=O) groups excluding carboxylic acids is 1. The summed E-state index contributed by atoms with van der Waals surface area (Å²) in [6.45, 7) is 0. The van der Waals surface area contributed by atoms with Crippen LogP contribution < -0.4 is 14.2 Å². The molecule has 0 saturated heterocycles. The van der Waals surface area contributed by atoms with Gasteiger partial charge in [-0.2, -0.15) is 0 Å². The van der Waals surface area contributed by atoms with E-state index < -0.39 is 0 Å². The highest BCUT2D eigenvalue weighted by Gasteiger charge is 2.20. The number of carbonyl (C=O) groups is 1. The number of hydrogen-bond acceptors (Lipinski definition) is 6. The third-order valence-corrected chi connectivity index (χ3v) is 5.36. The van der Waals surface area contributed by atoms with Gasteiger partial charge in [0.25, 0.3) is 0 Å². The quantitative estimate of drug-likeness (QED) is 0.486. The van der Waals surface area contributed by atoms with Crippen molar-refractivity contribution in [1.82, 2.24) is 9.97 Å². The molecule has 2 aromatic carbocycles. The van der Waals surface area contributed by atoms with Gasteiger partial charge in [0.15, 0.2) is 11.5 Å². The molecule has 1 N–H and O–H groups in total. The Bertz CT molecular complexity index is 1140. The van der Waals surface area contributed by atoms with Gasteiger partial charge in [-0.3, -0.25) is 4.79 Å². The van der Waals surface area contributed by atoms with Crippen LogP contribution in [0.25, 0.3) is 21.5 Å². The minimum absolute atomic E-state index is 0.208. The molecule has 2 heterocycles. The molecular weight excluding hydrogens is 376 g/mol. The molecule has 4 rings (SSSR count). The first kappa shape index (κ1) is 18.1. The summed E-state index contributed by atoms with van der Waals surface area (Å²) < 4.78 is 16.0. The third kappa shape index (κ3) is 2.99. The first-order valence-corrected chi connectivity index (χ1v) is 9.41. The molecule has 0 atom stereocenters. The van der Waals surface area contributed by atoms with E-state index in [-0.39, 0.29) is 5.78 Å². The number of ketones is 1. The van der Waals surface area contributed by atoms with Gasteiger partial charge in [0.1, 0.15) is 10.7 Å². The first-order valence-electron chi connectivity index (χ1n) is 8.53. The Labute approximate surface area is 165 Å². The zero-order valence-corrected chi connectivity index (χ0v) is 16.4. The fraction of sp³-hybridized carbons (Fsp3) is 0.143. The van der Waals surface area contributed by atoms with Gasteiger partial charge in [-0.05, 0) is 24.3 Å². The highest BCUT2D eigenvalue weighted by molar-refractivity contribution is 7.13. The second kappa shape index (κ2) is 7.36. The summed E-state index contributed by atoms with van der Waals surface area (Å²) >= 11 is 1.43. The number of fused-ring (bicyclic) bond motifs is 1. The summed E-state index contributed by atoms with van der Waals surface area (Å²) in [5.41, 5.74) is 2.77. The highest BCUT2D eigenvalue weighted by Crippen LogP contribution is 2.39. The first-order chi connectivity index (χ1) is 13.7. The minimum Gasteiger partial charge on any atom is -0.493 e. The normalized spacial score (nSPS) is 10.8. The van der Waals surface area contributed by atoms with Gasteiger partial charge in [-0.1, -0.05) is 12.1 Å². The van der Waals surface area contributed by atoms with E-state index >= 15 is 0 Å². The maximum atomic E-state index is 13.0. The summed E-state index contributed by atoms with van der Waals surface area (Å²) in [5.74, 6) is 1.09. The van der Waals surface area contributed by atoms with Crippen LogP contribution in [-0.2, 0) is 0 Å². The van der Waals surface area contributed by atoms with E-state index in [0.717, 1.165) is 21.5 Å². The highest BCUT2D eigenvalue weighted by atomic mass is 32.1. The number of nitrogens with zero attached hydrogens (tertiary/aromatic N) is 1. The Balaban J connectivity index is 1.73. The van der Waals surface area contributed by atoms with Gasteiger partial charge < -0.3 is 19.2 Å². The zero-order valence-electron chi connectivity index (χ0n) is 15.6. The van der Waals surface area contributed by atoms with E-state index in [1.807, 2.05) is 30.5 Å². The lowest BCUT2D eigenvalue weighted by molar-refractivity contribution is 0.103. The second-order valence-corrected chi connectivity index (χ2v) is 6.89. The third-order valence-electron chi connectivity index (χ3n) is 4.48. The number of methoxy groups -OCH3 is 3. The Kier molecular flexibility index (Phi) is 4.75. The van der Waals surface area contributed by atoms with Crippen molar-refractivity contribution < 1.29 is 19.0 Å². The van der Waals surface area contributed by atoms with Crippen molar-refractivity contribution in [2.24, 2.45) is 0 Å². The number of aromatic nitrogens is 2. The molecule has 0 aliphatic rings. The molecule has 0 aliphatic heterocycles. The van der Waals surface area contributed by atoms with Crippen molar-refractivity contribution in [2.75, 3.05) is 21.3 Å². The number of ether oxygens (including phenoxy) is 3. The SMILES string of the molecule is COc1cc(C(=O)c2csc(-c3cccc4cc[nH]c34)n2)cc(OC)c1OC. The largest absolute Gasteiger partial charge is 0.493 e. The van der Waals surface area contributed by atoms with Crippen LogP contribution in [0.3, 0.4) is 0 Å². The van der Waals surface area contributed by atoms with Crippen LogP contribution in [0, 0.1) is 0 Å². The molecule has 2 aromatic heterocycles. The second-order valence-electron chi connectivity index (χ2n) is 6.03. The molecule has 4 aromatic rings. The summed E-state index contributed by atoms with van der Waals surface area (Å²) in [7, 11) is 4.56. The van der Waals surface area contributed by atoms with Crippen molar-refractivity contribution >= 4 is 28.0 Å². The molecule has 142 valence electrons. The van der Waals surface area contributed by atoms with Gasteiger partial charge in [-0.15, -0.1) is 11.3 Å². The minimum atomic E-state index is -0.208. The Morgan fingerprint density at radius 3 is 2.46 bits per heavy atom. The lowest BCUT2D eigenvalue weighted by Gasteiger charge is -2.13.